The third kappa shape index (κ3) is 6.34. The summed E-state index contributed by atoms with van der Waals surface area (Å²) in [4.78, 5) is 0. The van der Waals surface area contributed by atoms with Crippen molar-refractivity contribution >= 4 is 30.0 Å². The molecule has 0 N–H and O–H groups in total. The van der Waals surface area contributed by atoms with Crippen molar-refractivity contribution in [3.8, 4) is 0 Å². The third-order valence-corrected chi connectivity index (χ3v) is 50.1. The van der Waals surface area contributed by atoms with Crippen molar-refractivity contribution in [3.05, 3.63) is 163 Å². The van der Waals surface area contributed by atoms with Crippen LogP contribution in [0.5, 0.6) is 0 Å². The molecule has 186 valence electrons. The van der Waals surface area contributed by atoms with Gasteiger partial charge in [-0.05, 0) is 0 Å². The van der Waals surface area contributed by atoms with Gasteiger partial charge < -0.3 is 24.8 Å². The molecule has 0 fully saturated rings. The van der Waals surface area contributed by atoms with E-state index in [4.69, 9.17) is 0 Å². The summed E-state index contributed by atoms with van der Waals surface area (Å²) in [6.07, 6.45) is 12.4. The number of allylic oxidation sites excluding steroid dienone is 8. The SMILES string of the molecule is C1=C(c2ccccc2)C=[C]([Hf+2]([C]2=CC(c3ccccc3)=CC2)=[Ge]([c]2ccccc2)[c]2ccccc2)C1.[Cl-].[Cl-]. The van der Waals surface area contributed by atoms with E-state index in [0.29, 0.717) is 0 Å². The first-order chi connectivity index (χ1) is 17.9. The van der Waals surface area contributed by atoms with Gasteiger partial charge in [0.2, 0.25) is 0 Å². The summed E-state index contributed by atoms with van der Waals surface area (Å²) >= 11 is -2.46. The van der Waals surface area contributed by atoms with Crippen molar-refractivity contribution < 1.29 is 43.2 Å². The van der Waals surface area contributed by atoms with Gasteiger partial charge in [0.05, 0.1) is 0 Å². The average molecular weight is 759 g/mol. The van der Waals surface area contributed by atoms with Gasteiger partial charge in [-0.1, -0.05) is 0 Å². The molecule has 0 atom stereocenters. The van der Waals surface area contributed by atoms with Crippen LogP contribution in [0.25, 0.3) is 11.1 Å². The summed E-state index contributed by atoms with van der Waals surface area (Å²) in [7, 11) is -1.78. The molecule has 0 saturated heterocycles. The number of halogens is 2. The van der Waals surface area contributed by atoms with Crippen LogP contribution in [0.1, 0.15) is 24.0 Å². The molecule has 4 aromatic carbocycles. The maximum absolute atomic E-state index is 2.59. The summed E-state index contributed by atoms with van der Waals surface area (Å²) in [5.74, 6) is 0. The number of benzene rings is 4. The van der Waals surface area contributed by atoms with Crippen molar-refractivity contribution in [2.24, 2.45) is 0 Å². The minimum atomic E-state index is -2.46. The van der Waals surface area contributed by atoms with Crippen molar-refractivity contribution in [1.29, 1.82) is 0 Å². The second-order valence-corrected chi connectivity index (χ2v) is 38.5. The summed E-state index contributed by atoms with van der Waals surface area (Å²) in [6, 6.07) is 44.9. The van der Waals surface area contributed by atoms with Gasteiger partial charge >= 0.3 is 225 Å². The van der Waals surface area contributed by atoms with Crippen molar-refractivity contribution in [2.45, 2.75) is 12.8 Å². The fourth-order valence-corrected chi connectivity index (χ4v) is 51.5. The molecule has 2 aliphatic carbocycles. The molecule has 0 spiro atoms. The van der Waals surface area contributed by atoms with Crippen molar-refractivity contribution in [3.63, 3.8) is 0 Å². The van der Waals surface area contributed by atoms with E-state index in [1.54, 1.807) is 15.5 Å². The maximum atomic E-state index is 2.59. The van der Waals surface area contributed by atoms with E-state index in [-0.39, 0.29) is 24.8 Å². The molecule has 6 rings (SSSR count). The van der Waals surface area contributed by atoms with E-state index < -0.39 is 28.4 Å². The van der Waals surface area contributed by atoms with Gasteiger partial charge in [0.15, 0.2) is 0 Å². The van der Waals surface area contributed by atoms with E-state index in [0.717, 1.165) is 12.8 Å². The fourth-order valence-electron chi connectivity index (χ4n) is 5.26. The van der Waals surface area contributed by atoms with Gasteiger partial charge in [-0.15, -0.1) is 0 Å². The van der Waals surface area contributed by atoms with Crippen LogP contribution in [-0.4, -0.2) is 10.1 Å². The van der Waals surface area contributed by atoms with Gasteiger partial charge in [0, 0.05) is 0 Å². The Morgan fingerprint density at radius 2 is 0.789 bits per heavy atom. The van der Waals surface area contributed by atoms with Gasteiger partial charge in [-0.2, -0.15) is 0 Å². The first-order valence-corrected chi connectivity index (χ1v) is 28.7. The Morgan fingerprint density at radius 3 is 1.16 bits per heavy atom. The minimum Gasteiger partial charge on any atom is -1.00 e. The Balaban J connectivity index is 0.00000168. The first-order valence-electron chi connectivity index (χ1n) is 12.6. The van der Waals surface area contributed by atoms with E-state index in [2.05, 4.69) is 146 Å². The monoisotopic (exact) mass is 760 g/mol. The molecule has 0 nitrogen and oxygen atoms in total. The van der Waals surface area contributed by atoms with Crippen LogP contribution in [0.15, 0.2) is 152 Å². The molecule has 0 amide bonds. The van der Waals surface area contributed by atoms with Crippen molar-refractivity contribution in [2.75, 3.05) is 0 Å². The molecule has 0 aromatic heterocycles. The summed E-state index contributed by atoms with van der Waals surface area (Å²) in [6.45, 7) is 0. The van der Waals surface area contributed by atoms with E-state index in [1.807, 2.05) is 0 Å². The summed E-state index contributed by atoms with van der Waals surface area (Å²) < 4.78 is 6.84. The third-order valence-electron chi connectivity index (χ3n) is 6.97. The molecule has 4 heteroatoms. The van der Waals surface area contributed by atoms with Crippen molar-refractivity contribution in [1.82, 2.24) is 0 Å². The van der Waals surface area contributed by atoms with Gasteiger partial charge in [0.1, 0.15) is 0 Å². The molecule has 0 saturated carbocycles. The van der Waals surface area contributed by atoms with Crippen LogP contribution >= 0.6 is 0 Å². The second kappa shape index (κ2) is 13.8. The Hall–Kier alpha value is -2.17. The zero-order valence-corrected chi connectivity index (χ0v) is 28.2. The van der Waals surface area contributed by atoms with Crippen LogP contribution in [0.2, 0.25) is 0 Å². The molecule has 2 aliphatic rings. The maximum Gasteiger partial charge on any atom is -1.00 e. The smallest absolute Gasteiger partial charge is 1.00 e. The molecule has 0 radical (unpaired) electrons. The van der Waals surface area contributed by atoms with Crippen LogP contribution in [0.3, 0.4) is 0 Å². The number of hydrogen-bond acceptors (Lipinski definition) is 0. The molecule has 0 unspecified atom stereocenters. The quantitative estimate of drug-likeness (QED) is 0.260. The molecule has 0 heterocycles. The Kier molecular flexibility index (Phi) is 10.4. The number of hydrogen-bond donors (Lipinski definition) is 0. The van der Waals surface area contributed by atoms with Crippen LogP contribution in [0, 0.1) is 0 Å². The zero-order valence-electron chi connectivity index (χ0n) is 21.0. The number of rotatable bonds is 6. The van der Waals surface area contributed by atoms with Crippen LogP contribution in [-0.2, 0) is 18.3 Å². The Labute approximate surface area is 247 Å². The predicted molar refractivity (Wildman–Crippen MR) is 152 cm³/mol. The van der Waals surface area contributed by atoms with Gasteiger partial charge in [-0.3, -0.25) is 0 Å². The van der Waals surface area contributed by atoms with Gasteiger partial charge in [0.25, 0.3) is 0 Å². The predicted octanol–water partition coefficient (Wildman–Crippen LogP) is 1.16. The molecule has 38 heavy (non-hydrogen) atoms. The summed E-state index contributed by atoms with van der Waals surface area (Å²) in [5.41, 5.74) is 5.54. The van der Waals surface area contributed by atoms with Crippen LogP contribution < -0.4 is 33.6 Å². The second-order valence-electron chi connectivity index (χ2n) is 9.28. The fraction of sp³-hybridized carbons (Fsp3) is 0.0588. The normalized spacial score (nSPS) is 13.6. The van der Waals surface area contributed by atoms with E-state index in [1.165, 1.54) is 22.3 Å². The molecular weight excluding hydrogens is 730 g/mol. The summed E-state index contributed by atoms with van der Waals surface area (Å²) in [5, 5.41) is 0. The molecular formula is C34H28Cl2GeHf. The molecule has 0 aliphatic heterocycles. The zero-order chi connectivity index (χ0) is 24.2. The minimum absolute atomic E-state index is 0. The topological polar surface area (TPSA) is 0 Å². The first kappa shape index (κ1) is 28.8. The van der Waals surface area contributed by atoms with E-state index in [9.17, 15) is 0 Å². The molecule has 4 aromatic rings. The Morgan fingerprint density at radius 1 is 0.447 bits per heavy atom. The van der Waals surface area contributed by atoms with E-state index >= 15 is 0 Å². The Bertz CT molecular complexity index is 1420. The largest absolute Gasteiger partial charge is 1.00 e. The van der Waals surface area contributed by atoms with Crippen LogP contribution in [0.4, 0.5) is 0 Å². The van der Waals surface area contributed by atoms with Gasteiger partial charge in [-0.25, -0.2) is 0 Å². The molecule has 0 bridgehead atoms. The average Bonchev–Trinajstić information content (AvgIpc) is 3.64. The standard InChI is InChI=1S/C12H10Ge.2C11H9.2ClH.Hf/c1-3-7-11(8-4-1)13-12-9-5-2-6-10-12;2*1-2-6-10(7-3-1)11-8-4-5-9-11;;;/h1-10H;2*1-3,6-9H,4H2;2*1H;/q;;;;;+2/p-2.